The van der Waals surface area contributed by atoms with E-state index in [1.54, 1.807) is 18.2 Å². The lowest BCUT2D eigenvalue weighted by Crippen LogP contribution is -1.65. The normalized spacial score (nSPS) is 11.9. The van der Waals surface area contributed by atoms with Crippen LogP contribution in [0.15, 0.2) is 41.8 Å². The van der Waals surface area contributed by atoms with Crippen molar-refractivity contribution in [1.29, 1.82) is 0 Å². The van der Waals surface area contributed by atoms with Gasteiger partial charge in [0.2, 0.25) is 0 Å². The first-order valence-electron chi connectivity index (χ1n) is 2.64. The third kappa shape index (κ3) is 3.41. The lowest BCUT2D eigenvalue weighted by Gasteiger charge is -1.80. The van der Waals surface area contributed by atoms with Gasteiger partial charge in [-0.25, -0.2) is 0 Å². The number of nitroso groups, excluding NO2 is 1. The van der Waals surface area contributed by atoms with Crippen LogP contribution in [0.1, 0.15) is 6.92 Å². The van der Waals surface area contributed by atoms with Crippen LogP contribution in [0, 0.1) is 4.91 Å². The van der Waals surface area contributed by atoms with Gasteiger partial charge in [0.25, 0.3) is 0 Å². The third-order valence-corrected chi connectivity index (χ3v) is 0.731. The van der Waals surface area contributed by atoms with Gasteiger partial charge < -0.3 is 0 Å². The van der Waals surface area contributed by atoms with E-state index in [1.165, 1.54) is 6.08 Å². The van der Waals surface area contributed by atoms with Gasteiger partial charge in [-0.2, -0.15) is 0 Å². The highest BCUT2D eigenvalue weighted by atomic mass is 16.3. The van der Waals surface area contributed by atoms with Crippen LogP contribution in [0.4, 0.5) is 0 Å². The fourth-order valence-electron chi connectivity index (χ4n) is 0.408. The fraction of sp³-hybridized carbons (Fsp3) is 0.143. The standard InChI is InChI=1S/C7H9NO/c1-3-5-7(8-9)6-4-2/h3-6H,1H2,2H3/b6-4-,7-5+. The van der Waals surface area contributed by atoms with Crippen molar-refractivity contribution >= 4 is 0 Å². The molecule has 2 heteroatoms. The Hall–Kier alpha value is -1.18. The molecule has 0 bridgehead atoms. The molecule has 0 aliphatic rings. The van der Waals surface area contributed by atoms with Gasteiger partial charge in [0.15, 0.2) is 0 Å². The Kier molecular flexibility index (Phi) is 4.32. The maximum atomic E-state index is 9.87. The number of hydrogen-bond donors (Lipinski definition) is 0. The zero-order chi connectivity index (χ0) is 7.11. The Balaban J connectivity index is 4.13. The molecule has 0 saturated heterocycles. The van der Waals surface area contributed by atoms with Crippen LogP contribution in [-0.4, -0.2) is 0 Å². The first-order chi connectivity index (χ1) is 4.35. The molecule has 0 aliphatic heterocycles. The minimum atomic E-state index is 0.396. The average molecular weight is 123 g/mol. The van der Waals surface area contributed by atoms with Gasteiger partial charge in [-0.3, -0.25) is 0 Å². The highest BCUT2D eigenvalue weighted by Crippen LogP contribution is 1.96. The van der Waals surface area contributed by atoms with Crippen molar-refractivity contribution in [3.8, 4) is 0 Å². The quantitative estimate of drug-likeness (QED) is 0.418. The van der Waals surface area contributed by atoms with Crippen molar-refractivity contribution in [2.24, 2.45) is 5.18 Å². The zero-order valence-corrected chi connectivity index (χ0v) is 5.37. The second-order valence-corrected chi connectivity index (χ2v) is 1.42. The van der Waals surface area contributed by atoms with Crippen molar-refractivity contribution in [2.45, 2.75) is 6.92 Å². The summed E-state index contributed by atoms with van der Waals surface area (Å²) in [5.41, 5.74) is 0.396. The van der Waals surface area contributed by atoms with Gasteiger partial charge in [-0.1, -0.05) is 18.7 Å². The first-order valence-corrected chi connectivity index (χ1v) is 2.64. The van der Waals surface area contributed by atoms with Crippen LogP contribution in [0.3, 0.4) is 0 Å². The van der Waals surface area contributed by atoms with E-state index in [1.807, 2.05) is 6.92 Å². The number of hydrogen-bond acceptors (Lipinski definition) is 2. The molecule has 0 fully saturated rings. The molecule has 0 amide bonds. The van der Waals surface area contributed by atoms with Gasteiger partial charge >= 0.3 is 0 Å². The van der Waals surface area contributed by atoms with Gasteiger partial charge in [0.1, 0.15) is 5.70 Å². The van der Waals surface area contributed by atoms with Crippen LogP contribution in [0.2, 0.25) is 0 Å². The van der Waals surface area contributed by atoms with Crippen LogP contribution in [-0.2, 0) is 0 Å². The second-order valence-electron chi connectivity index (χ2n) is 1.42. The van der Waals surface area contributed by atoms with Gasteiger partial charge in [0.05, 0.1) is 0 Å². The van der Waals surface area contributed by atoms with Gasteiger partial charge in [0, 0.05) is 0 Å². The Morgan fingerprint density at radius 2 is 2.33 bits per heavy atom. The molecule has 0 radical (unpaired) electrons. The van der Waals surface area contributed by atoms with Crippen molar-refractivity contribution in [3.05, 3.63) is 41.5 Å². The molecule has 0 atom stereocenters. The van der Waals surface area contributed by atoms with Crippen LogP contribution in [0.25, 0.3) is 0 Å². The zero-order valence-electron chi connectivity index (χ0n) is 5.37. The molecular formula is C7H9NO. The van der Waals surface area contributed by atoms with E-state index in [2.05, 4.69) is 11.8 Å². The molecule has 0 spiro atoms. The number of allylic oxidation sites excluding steroid dienone is 4. The van der Waals surface area contributed by atoms with Gasteiger partial charge in [-0.05, 0) is 24.3 Å². The molecule has 48 valence electrons. The molecule has 9 heavy (non-hydrogen) atoms. The molecule has 2 nitrogen and oxygen atoms in total. The molecule has 0 aromatic carbocycles. The molecule has 0 rings (SSSR count). The Labute approximate surface area is 54.6 Å². The summed E-state index contributed by atoms with van der Waals surface area (Å²) in [6, 6.07) is 0. The highest BCUT2D eigenvalue weighted by molar-refractivity contribution is 5.20. The molecule has 0 aromatic rings. The largest absolute Gasteiger partial charge is 0.145 e. The predicted octanol–water partition coefficient (Wildman–Crippen LogP) is 2.40. The molecular weight excluding hydrogens is 114 g/mol. The SMILES string of the molecule is C=C/C=C(\C=C/C)N=O. The Bertz CT molecular complexity index is 156. The number of nitrogens with zero attached hydrogens (tertiary/aromatic N) is 1. The van der Waals surface area contributed by atoms with E-state index in [0.29, 0.717) is 5.70 Å². The minimum absolute atomic E-state index is 0.396. The van der Waals surface area contributed by atoms with Crippen molar-refractivity contribution in [2.75, 3.05) is 0 Å². The van der Waals surface area contributed by atoms with Crippen LogP contribution in [0.5, 0.6) is 0 Å². The summed E-state index contributed by atoms with van der Waals surface area (Å²) in [4.78, 5) is 9.87. The third-order valence-electron chi connectivity index (χ3n) is 0.731. The van der Waals surface area contributed by atoms with E-state index in [0.717, 1.165) is 0 Å². The van der Waals surface area contributed by atoms with E-state index < -0.39 is 0 Å². The first kappa shape index (κ1) is 7.82. The molecule has 0 N–H and O–H groups in total. The summed E-state index contributed by atoms with van der Waals surface area (Å²) in [6.07, 6.45) is 6.44. The maximum Gasteiger partial charge on any atom is 0.107 e. The molecule has 0 aromatic heterocycles. The summed E-state index contributed by atoms with van der Waals surface area (Å²) in [7, 11) is 0. The van der Waals surface area contributed by atoms with Crippen molar-refractivity contribution in [3.63, 3.8) is 0 Å². The Morgan fingerprint density at radius 3 is 2.67 bits per heavy atom. The lowest BCUT2D eigenvalue weighted by molar-refractivity contribution is 1.38. The minimum Gasteiger partial charge on any atom is -0.145 e. The van der Waals surface area contributed by atoms with Crippen molar-refractivity contribution < 1.29 is 0 Å². The molecule has 0 saturated carbocycles. The lowest BCUT2D eigenvalue weighted by atomic mass is 10.4. The summed E-state index contributed by atoms with van der Waals surface area (Å²) in [5, 5.41) is 2.72. The fourth-order valence-corrected chi connectivity index (χ4v) is 0.408. The second kappa shape index (κ2) is 4.97. The summed E-state index contributed by atoms with van der Waals surface area (Å²) < 4.78 is 0. The average Bonchev–Trinajstić information content (AvgIpc) is 1.88. The molecule has 0 heterocycles. The van der Waals surface area contributed by atoms with E-state index in [-0.39, 0.29) is 0 Å². The van der Waals surface area contributed by atoms with E-state index >= 15 is 0 Å². The van der Waals surface area contributed by atoms with Crippen LogP contribution >= 0.6 is 0 Å². The predicted molar refractivity (Wildman–Crippen MR) is 38.9 cm³/mol. The van der Waals surface area contributed by atoms with Gasteiger partial charge in [-0.15, -0.1) is 4.91 Å². The summed E-state index contributed by atoms with van der Waals surface area (Å²) in [5.74, 6) is 0. The van der Waals surface area contributed by atoms with Crippen molar-refractivity contribution in [1.82, 2.24) is 0 Å². The topological polar surface area (TPSA) is 29.4 Å². The Morgan fingerprint density at radius 1 is 1.67 bits per heavy atom. The molecule has 0 aliphatic carbocycles. The smallest absolute Gasteiger partial charge is 0.107 e. The molecule has 0 unspecified atom stereocenters. The highest BCUT2D eigenvalue weighted by Gasteiger charge is 1.82. The van der Waals surface area contributed by atoms with Crippen LogP contribution < -0.4 is 0 Å². The van der Waals surface area contributed by atoms with E-state index in [9.17, 15) is 4.91 Å². The summed E-state index contributed by atoms with van der Waals surface area (Å²) >= 11 is 0. The van der Waals surface area contributed by atoms with E-state index in [4.69, 9.17) is 0 Å². The number of rotatable bonds is 3. The monoisotopic (exact) mass is 123 g/mol. The summed E-state index contributed by atoms with van der Waals surface area (Å²) in [6.45, 7) is 5.24. The maximum absolute atomic E-state index is 9.87.